The van der Waals surface area contributed by atoms with Gasteiger partial charge < -0.3 is 0 Å². The maximum absolute atomic E-state index is 12.6. The highest BCUT2D eigenvalue weighted by molar-refractivity contribution is 7.89. The number of carbonyl (C=O) groups is 2. The standard InChI is InChI=1S/C18H19Cl2N3O4S/c1-11(2)23(3)28(26,27)14-6-4-5-12(9-14)17(24)21-22-18(25)15-10-13(19)7-8-16(15)20/h4-11H,1-3H3,(H,21,24)(H,22,25). The number of sulfonamides is 1. The van der Waals surface area contributed by atoms with Crippen molar-refractivity contribution < 1.29 is 18.0 Å². The number of amides is 2. The van der Waals surface area contributed by atoms with Gasteiger partial charge in [-0.1, -0.05) is 29.3 Å². The molecule has 0 heterocycles. The molecule has 0 spiro atoms. The van der Waals surface area contributed by atoms with Crippen LogP contribution in [0.1, 0.15) is 34.6 Å². The van der Waals surface area contributed by atoms with Crippen molar-refractivity contribution >= 4 is 45.0 Å². The number of carbonyl (C=O) groups excluding carboxylic acids is 2. The quantitative estimate of drug-likeness (QED) is 0.693. The van der Waals surface area contributed by atoms with Crippen molar-refractivity contribution in [2.75, 3.05) is 7.05 Å². The fourth-order valence-corrected chi connectivity index (χ4v) is 3.96. The van der Waals surface area contributed by atoms with Gasteiger partial charge in [-0.25, -0.2) is 8.42 Å². The number of nitrogens with zero attached hydrogens (tertiary/aromatic N) is 1. The highest BCUT2D eigenvalue weighted by Gasteiger charge is 2.24. The van der Waals surface area contributed by atoms with Crippen LogP contribution in [0.4, 0.5) is 0 Å². The zero-order valence-corrected chi connectivity index (χ0v) is 17.7. The Balaban J connectivity index is 2.15. The summed E-state index contributed by atoms with van der Waals surface area (Å²) in [6, 6.07) is 9.62. The molecule has 2 aromatic rings. The van der Waals surface area contributed by atoms with Crippen molar-refractivity contribution in [1.82, 2.24) is 15.2 Å². The van der Waals surface area contributed by atoms with E-state index in [1.807, 2.05) is 0 Å². The number of hydrazine groups is 1. The smallest absolute Gasteiger partial charge is 0.267 e. The maximum atomic E-state index is 12.6. The zero-order chi connectivity index (χ0) is 21.1. The lowest BCUT2D eigenvalue weighted by Crippen LogP contribution is -2.41. The largest absolute Gasteiger partial charge is 0.271 e. The van der Waals surface area contributed by atoms with Crippen LogP contribution in [0.5, 0.6) is 0 Å². The summed E-state index contributed by atoms with van der Waals surface area (Å²) in [5.74, 6) is -1.35. The monoisotopic (exact) mass is 443 g/mol. The number of benzene rings is 2. The predicted octanol–water partition coefficient (Wildman–Crippen LogP) is 3.10. The van der Waals surface area contributed by atoms with E-state index in [9.17, 15) is 18.0 Å². The van der Waals surface area contributed by atoms with Gasteiger partial charge in [-0.05, 0) is 50.2 Å². The molecule has 0 saturated carbocycles. The number of nitrogens with one attached hydrogen (secondary N) is 2. The van der Waals surface area contributed by atoms with Crippen molar-refractivity contribution in [2.24, 2.45) is 0 Å². The van der Waals surface area contributed by atoms with Crippen LogP contribution in [0.3, 0.4) is 0 Å². The molecule has 0 unspecified atom stereocenters. The second-order valence-electron chi connectivity index (χ2n) is 6.18. The maximum Gasteiger partial charge on any atom is 0.271 e. The van der Waals surface area contributed by atoms with E-state index in [1.165, 1.54) is 53.8 Å². The molecular weight excluding hydrogens is 425 g/mol. The summed E-state index contributed by atoms with van der Waals surface area (Å²) >= 11 is 11.8. The third-order valence-corrected chi connectivity index (χ3v) is 6.56. The van der Waals surface area contributed by atoms with Crippen LogP contribution >= 0.6 is 23.2 Å². The third kappa shape index (κ3) is 5.02. The summed E-state index contributed by atoms with van der Waals surface area (Å²) in [5, 5.41) is 0.481. The van der Waals surface area contributed by atoms with E-state index in [2.05, 4.69) is 10.9 Å². The molecule has 2 amide bonds. The Morgan fingerprint density at radius 2 is 1.64 bits per heavy atom. The molecule has 0 saturated heterocycles. The summed E-state index contributed by atoms with van der Waals surface area (Å²) in [6.45, 7) is 3.48. The molecule has 0 atom stereocenters. The Labute approximate surface area is 173 Å². The van der Waals surface area contributed by atoms with Crippen molar-refractivity contribution in [1.29, 1.82) is 0 Å². The van der Waals surface area contributed by atoms with E-state index in [-0.39, 0.29) is 27.1 Å². The predicted molar refractivity (Wildman–Crippen MR) is 108 cm³/mol. The van der Waals surface area contributed by atoms with E-state index in [0.29, 0.717) is 5.02 Å². The molecule has 2 aromatic carbocycles. The number of rotatable bonds is 5. The summed E-state index contributed by atoms with van der Waals surface area (Å²) in [7, 11) is -2.29. The molecule has 10 heteroatoms. The average molecular weight is 444 g/mol. The summed E-state index contributed by atoms with van der Waals surface area (Å²) in [6.07, 6.45) is 0. The van der Waals surface area contributed by atoms with E-state index < -0.39 is 21.8 Å². The van der Waals surface area contributed by atoms with E-state index in [0.717, 1.165) is 0 Å². The lowest BCUT2D eigenvalue weighted by molar-refractivity contribution is 0.0846. The molecule has 0 aliphatic heterocycles. The average Bonchev–Trinajstić information content (AvgIpc) is 2.66. The zero-order valence-electron chi connectivity index (χ0n) is 15.4. The lowest BCUT2D eigenvalue weighted by Gasteiger charge is -2.21. The Hall–Kier alpha value is -2.13. The minimum absolute atomic E-state index is 0.0273. The molecular formula is C18H19Cl2N3O4S. The van der Waals surface area contributed by atoms with Gasteiger partial charge >= 0.3 is 0 Å². The Kier molecular flexibility index (Phi) is 7.06. The van der Waals surface area contributed by atoms with Gasteiger partial charge in [-0.15, -0.1) is 0 Å². The molecule has 0 radical (unpaired) electrons. The first-order chi connectivity index (χ1) is 13.0. The SMILES string of the molecule is CC(C)N(C)S(=O)(=O)c1cccc(C(=O)NNC(=O)c2cc(Cl)ccc2Cl)c1. The molecule has 0 aliphatic carbocycles. The minimum Gasteiger partial charge on any atom is -0.267 e. The summed E-state index contributed by atoms with van der Waals surface area (Å²) in [5.41, 5.74) is 4.60. The number of hydrogen-bond donors (Lipinski definition) is 2. The van der Waals surface area contributed by atoms with Gasteiger partial charge in [0.05, 0.1) is 15.5 Å². The Bertz CT molecular complexity index is 1010. The number of halogens is 2. The van der Waals surface area contributed by atoms with Gasteiger partial charge in [-0.3, -0.25) is 20.4 Å². The fraction of sp³-hybridized carbons (Fsp3) is 0.222. The van der Waals surface area contributed by atoms with Crippen LogP contribution in [0.15, 0.2) is 47.4 Å². The van der Waals surface area contributed by atoms with Gasteiger partial charge in [0, 0.05) is 23.7 Å². The lowest BCUT2D eigenvalue weighted by atomic mass is 10.2. The van der Waals surface area contributed by atoms with E-state index >= 15 is 0 Å². The second kappa shape index (κ2) is 8.91. The molecule has 0 aromatic heterocycles. The summed E-state index contributed by atoms with van der Waals surface area (Å²) in [4.78, 5) is 24.5. The molecule has 0 bridgehead atoms. The van der Waals surface area contributed by atoms with Gasteiger partial charge in [0.25, 0.3) is 11.8 Å². The molecule has 28 heavy (non-hydrogen) atoms. The molecule has 2 N–H and O–H groups in total. The van der Waals surface area contributed by atoms with Crippen LogP contribution in [0.25, 0.3) is 0 Å². The van der Waals surface area contributed by atoms with Crippen molar-refractivity contribution in [3.05, 3.63) is 63.6 Å². The molecule has 7 nitrogen and oxygen atoms in total. The Morgan fingerprint density at radius 3 is 2.29 bits per heavy atom. The van der Waals surface area contributed by atoms with Crippen LogP contribution in [-0.4, -0.2) is 37.6 Å². The first-order valence-corrected chi connectivity index (χ1v) is 10.4. The highest BCUT2D eigenvalue weighted by atomic mass is 35.5. The van der Waals surface area contributed by atoms with Crippen LogP contribution in [0, 0.1) is 0 Å². The second-order valence-corrected chi connectivity index (χ2v) is 9.02. The van der Waals surface area contributed by atoms with Gasteiger partial charge in [0.2, 0.25) is 10.0 Å². The minimum atomic E-state index is -3.75. The normalized spacial score (nSPS) is 11.5. The molecule has 150 valence electrons. The molecule has 0 fully saturated rings. The molecule has 0 aliphatic rings. The van der Waals surface area contributed by atoms with Crippen LogP contribution in [-0.2, 0) is 10.0 Å². The van der Waals surface area contributed by atoms with E-state index in [1.54, 1.807) is 13.8 Å². The molecule has 2 rings (SSSR count). The van der Waals surface area contributed by atoms with Crippen molar-refractivity contribution in [3.63, 3.8) is 0 Å². The van der Waals surface area contributed by atoms with Gasteiger partial charge in [-0.2, -0.15) is 4.31 Å². The van der Waals surface area contributed by atoms with Crippen LogP contribution < -0.4 is 10.9 Å². The van der Waals surface area contributed by atoms with Gasteiger partial charge in [0.15, 0.2) is 0 Å². The fourth-order valence-electron chi connectivity index (χ4n) is 2.17. The number of hydrogen-bond acceptors (Lipinski definition) is 4. The van der Waals surface area contributed by atoms with Crippen molar-refractivity contribution in [2.45, 2.75) is 24.8 Å². The highest BCUT2D eigenvalue weighted by Crippen LogP contribution is 2.20. The first-order valence-electron chi connectivity index (χ1n) is 8.18. The first kappa shape index (κ1) is 22.2. The van der Waals surface area contributed by atoms with Crippen LogP contribution in [0.2, 0.25) is 10.0 Å². The van der Waals surface area contributed by atoms with Crippen molar-refractivity contribution in [3.8, 4) is 0 Å². The van der Waals surface area contributed by atoms with E-state index in [4.69, 9.17) is 23.2 Å². The Morgan fingerprint density at radius 1 is 1.00 bits per heavy atom. The van der Waals surface area contributed by atoms with Gasteiger partial charge in [0.1, 0.15) is 0 Å². The summed E-state index contributed by atoms with van der Waals surface area (Å²) < 4.78 is 26.3. The topological polar surface area (TPSA) is 95.6 Å². The third-order valence-electron chi connectivity index (χ3n) is 3.96.